The van der Waals surface area contributed by atoms with Crippen LogP contribution in [0.4, 0.5) is 0 Å². The van der Waals surface area contributed by atoms with Crippen LogP contribution in [0.25, 0.3) is 0 Å². The van der Waals surface area contributed by atoms with Crippen molar-refractivity contribution >= 4 is 11.6 Å². The first-order valence-corrected chi connectivity index (χ1v) is 8.52. The van der Waals surface area contributed by atoms with Crippen molar-refractivity contribution in [3.05, 3.63) is 33.8 Å². The summed E-state index contributed by atoms with van der Waals surface area (Å²) < 4.78 is 0. The predicted octanol–water partition coefficient (Wildman–Crippen LogP) is 5.68. The van der Waals surface area contributed by atoms with E-state index in [1.54, 1.807) is 0 Å². The highest BCUT2D eigenvalue weighted by Gasteiger charge is 2.67. The van der Waals surface area contributed by atoms with E-state index in [9.17, 15) is 0 Å². The summed E-state index contributed by atoms with van der Waals surface area (Å²) >= 11 is 6.59. The second-order valence-electron chi connectivity index (χ2n) is 7.81. The molecular formula is C19H30ClN. The molecule has 2 rings (SSSR count). The normalized spacial score (nSPS) is 21.3. The van der Waals surface area contributed by atoms with E-state index >= 15 is 0 Å². The van der Waals surface area contributed by atoms with Gasteiger partial charge >= 0.3 is 0 Å². The van der Waals surface area contributed by atoms with E-state index in [2.05, 4.69) is 65.9 Å². The Morgan fingerprint density at radius 2 is 1.62 bits per heavy atom. The molecule has 118 valence electrons. The Kier molecular flexibility index (Phi) is 4.48. The van der Waals surface area contributed by atoms with Crippen LogP contribution in [0.2, 0.25) is 5.02 Å². The molecular weight excluding hydrogens is 278 g/mol. The number of hydrogen-bond acceptors (Lipinski definition) is 1. The van der Waals surface area contributed by atoms with E-state index < -0.39 is 0 Å². The molecule has 2 heteroatoms. The van der Waals surface area contributed by atoms with Gasteiger partial charge in [-0.2, -0.15) is 0 Å². The van der Waals surface area contributed by atoms with Crippen molar-refractivity contribution in [3.63, 3.8) is 0 Å². The third-order valence-corrected chi connectivity index (χ3v) is 6.36. The number of aryl methyl sites for hydroxylation is 2. The van der Waals surface area contributed by atoms with Crippen LogP contribution in [0.1, 0.15) is 63.8 Å². The molecule has 0 amide bonds. The minimum atomic E-state index is 0.348. The fourth-order valence-electron chi connectivity index (χ4n) is 3.83. The largest absolute Gasteiger partial charge is 0.310 e. The average Bonchev–Trinajstić information content (AvgIpc) is 2.78. The van der Waals surface area contributed by atoms with Crippen LogP contribution in [0, 0.1) is 30.6 Å². The smallest absolute Gasteiger partial charge is 0.0456 e. The maximum Gasteiger partial charge on any atom is 0.0456 e. The second-order valence-corrected chi connectivity index (χ2v) is 8.22. The second kappa shape index (κ2) is 5.59. The molecule has 1 aliphatic rings. The maximum atomic E-state index is 6.59. The number of halogens is 1. The Balaban J connectivity index is 2.41. The molecule has 1 aromatic rings. The lowest BCUT2D eigenvalue weighted by Crippen LogP contribution is -2.26. The first kappa shape index (κ1) is 16.8. The Bertz CT molecular complexity index is 517. The number of benzene rings is 1. The van der Waals surface area contributed by atoms with Gasteiger partial charge in [0.15, 0.2) is 0 Å². The van der Waals surface area contributed by atoms with Crippen LogP contribution in [0.5, 0.6) is 0 Å². The zero-order valence-corrected chi connectivity index (χ0v) is 15.4. The molecule has 1 saturated carbocycles. The van der Waals surface area contributed by atoms with E-state index in [0.29, 0.717) is 22.8 Å². The molecule has 21 heavy (non-hydrogen) atoms. The average molecular weight is 308 g/mol. The van der Waals surface area contributed by atoms with Gasteiger partial charge in [0.25, 0.3) is 0 Å². The van der Waals surface area contributed by atoms with Gasteiger partial charge in [-0.25, -0.2) is 0 Å². The molecule has 0 bridgehead atoms. The minimum Gasteiger partial charge on any atom is -0.310 e. The van der Waals surface area contributed by atoms with Gasteiger partial charge in [0.05, 0.1) is 0 Å². The Morgan fingerprint density at radius 1 is 1.10 bits per heavy atom. The molecule has 1 N–H and O–H groups in total. The van der Waals surface area contributed by atoms with Crippen LogP contribution in [-0.4, -0.2) is 6.54 Å². The van der Waals surface area contributed by atoms with Crippen molar-refractivity contribution < 1.29 is 0 Å². The molecule has 0 saturated heterocycles. The monoisotopic (exact) mass is 307 g/mol. The van der Waals surface area contributed by atoms with Gasteiger partial charge in [-0.15, -0.1) is 0 Å². The summed E-state index contributed by atoms with van der Waals surface area (Å²) in [4.78, 5) is 0. The van der Waals surface area contributed by atoms with Crippen LogP contribution >= 0.6 is 11.6 Å². The van der Waals surface area contributed by atoms with E-state index in [4.69, 9.17) is 11.6 Å². The molecule has 1 atom stereocenters. The van der Waals surface area contributed by atoms with Gasteiger partial charge < -0.3 is 5.32 Å². The summed E-state index contributed by atoms with van der Waals surface area (Å²) in [6.07, 6.45) is 1.15. The highest BCUT2D eigenvalue weighted by Crippen LogP contribution is 2.72. The lowest BCUT2D eigenvalue weighted by Gasteiger charge is -2.23. The van der Waals surface area contributed by atoms with Crippen molar-refractivity contribution in [2.24, 2.45) is 16.7 Å². The predicted molar refractivity (Wildman–Crippen MR) is 93.0 cm³/mol. The number of nitrogens with one attached hydrogen (secondary N) is 1. The maximum absolute atomic E-state index is 6.59. The highest BCUT2D eigenvalue weighted by molar-refractivity contribution is 6.31. The lowest BCUT2D eigenvalue weighted by molar-refractivity contribution is 0.410. The molecule has 1 aliphatic carbocycles. The SMILES string of the molecule is CCCNC(c1cc(C)c(C)cc1Cl)C1C(C)(C)C1(C)C. The summed E-state index contributed by atoms with van der Waals surface area (Å²) in [7, 11) is 0. The fourth-order valence-corrected chi connectivity index (χ4v) is 4.17. The Hall–Kier alpha value is -0.530. The van der Waals surface area contributed by atoms with Crippen molar-refractivity contribution in [3.8, 4) is 0 Å². The first-order valence-electron chi connectivity index (χ1n) is 8.14. The van der Waals surface area contributed by atoms with Crippen LogP contribution in [-0.2, 0) is 0 Å². The van der Waals surface area contributed by atoms with E-state index in [1.165, 1.54) is 16.7 Å². The molecule has 0 aliphatic heterocycles. The third-order valence-electron chi connectivity index (χ3n) is 6.03. The summed E-state index contributed by atoms with van der Waals surface area (Å²) in [6, 6.07) is 4.76. The van der Waals surface area contributed by atoms with Gasteiger partial charge in [0.1, 0.15) is 0 Å². The van der Waals surface area contributed by atoms with Crippen molar-refractivity contribution in [2.75, 3.05) is 6.54 Å². The van der Waals surface area contributed by atoms with Crippen LogP contribution < -0.4 is 5.32 Å². The van der Waals surface area contributed by atoms with E-state index in [-0.39, 0.29) is 0 Å². The quantitative estimate of drug-likeness (QED) is 0.738. The Labute approximate surface area is 135 Å². The third kappa shape index (κ3) is 2.75. The number of hydrogen-bond donors (Lipinski definition) is 1. The van der Waals surface area contributed by atoms with Gasteiger partial charge in [-0.3, -0.25) is 0 Å². The number of rotatable bonds is 5. The zero-order chi connectivity index (χ0) is 16.0. The standard InChI is InChI=1S/C19H30ClN/c1-8-9-21-16(17-18(4,5)19(17,6)7)14-10-12(2)13(3)11-15(14)20/h10-11,16-17,21H,8-9H2,1-7H3. The topological polar surface area (TPSA) is 12.0 Å². The van der Waals surface area contributed by atoms with Gasteiger partial charge in [-0.05, 0) is 66.3 Å². The first-order chi connectivity index (χ1) is 9.64. The molecule has 0 heterocycles. The van der Waals surface area contributed by atoms with Crippen LogP contribution in [0.15, 0.2) is 12.1 Å². The van der Waals surface area contributed by atoms with Gasteiger partial charge in [-0.1, -0.05) is 52.3 Å². The van der Waals surface area contributed by atoms with Crippen LogP contribution in [0.3, 0.4) is 0 Å². The summed E-state index contributed by atoms with van der Waals surface area (Å²) in [5.41, 5.74) is 4.57. The van der Waals surface area contributed by atoms with E-state index in [0.717, 1.165) is 18.0 Å². The molecule has 1 unspecified atom stereocenters. The molecule has 1 aromatic carbocycles. The van der Waals surface area contributed by atoms with E-state index in [1.807, 2.05) is 0 Å². The summed E-state index contributed by atoms with van der Waals surface area (Å²) in [6.45, 7) is 17.1. The molecule has 1 nitrogen and oxygen atoms in total. The van der Waals surface area contributed by atoms with Crippen molar-refractivity contribution in [1.29, 1.82) is 0 Å². The minimum absolute atomic E-state index is 0.348. The van der Waals surface area contributed by atoms with Crippen molar-refractivity contribution in [1.82, 2.24) is 5.32 Å². The molecule has 1 fully saturated rings. The highest BCUT2D eigenvalue weighted by atomic mass is 35.5. The summed E-state index contributed by atoms with van der Waals surface area (Å²) in [5.74, 6) is 0.621. The fraction of sp³-hybridized carbons (Fsp3) is 0.684. The van der Waals surface area contributed by atoms with Gasteiger partial charge in [0.2, 0.25) is 0 Å². The molecule has 0 spiro atoms. The summed E-state index contributed by atoms with van der Waals surface area (Å²) in [5, 5.41) is 4.67. The molecule has 0 radical (unpaired) electrons. The molecule has 0 aromatic heterocycles. The zero-order valence-electron chi connectivity index (χ0n) is 14.6. The Morgan fingerprint density at radius 3 is 2.10 bits per heavy atom. The lowest BCUT2D eigenvalue weighted by atomic mass is 9.93. The van der Waals surface area contributed by atoms with Gasteiger partial charge in [0, 0.05) is 11.1 Å². The van der Waals surface area contributed by atoms with Crippen molar-refractivity contribution in [2.45, 2.75) is 60.9 Å².